The van der Waals surface area contributed by atoms with Crippen molar-refractivity contribution in [3.63, 3.8) is 0 Å². The summed E-state index contributed by atoms with van der Waals surface area (Å²) >= 11 is 0. The van der Waals surface area contributed by atoms with Gasteiger partial charge in [-0.3, -0.25) is 0 Å². The first kappa shape index (κ1) is 10.6. The molecule has 0 aliphatic rings. The minimum absolute atomic E-state index is 0.154. The Labute approximate surface area is 94.8 Å². The van der Waals surface area contributed by atoms with Gasteiger partial charge >= 0.3 is 0 Å². The molecule has 0 aromatic heterocycles. The van der Waals surface area contributed by atoms with Crippen LogP contribution in [0.4, 0.5) is 0 Å². The van der Waals surface area contributed by atoms with E-state index in [2.05, 4.69) is 0 Å². The lowest BCUT2D eigenvalue weighted by atomic mass is 10.0. The first-order valence-electron chi connectivity index (χ1n) is 5.22. The van der Waals surface area contributed by atoms with Crippen LogP contribution in [0.3, 0.4) is 0 Å². The van der Waals surface area contributed by atoms with Gasteiger partial charge in [0.25, 0.3) is 0 Å². The maximum absolute atomic E-state index is 9.77. The van der Waals surface area contributed by atoms with Crippen molar-refractivity contribution >= 4 is 0 Å². The zero-order valence-electron chi connectivity index (χ0n) is 9.14. The molecule has 2 nitrogen and oxygen atoms in total. The molecule has 0 heterocycles. The van der Waals surface area contributed by atoms with Crippen molar-refractivity contribution in [3.8, 4) is 11.5 Å². The number of aryl methyl sites for hydroxylation is 1. The van der Waals surface area contributed by atoms with Gasteiger partial charge in [0.05, 0.1) is 0 Å². The summed E-state index contributed by atoms with van der Waals surface area (Å²) < 4.78 is 0. The molecule has 0 bridgehead atoms. The zero-order chi connectivity index (χ0) is 11.5. The number of phenols is 2. The van der Waals surface area contributed by atoms with Gasteiger partial charge in [0.1, 0.15) is 11.5 Å². The second-order valence-electron chi connectivity index (χ2n) is 3.94. The van der Waals surface area contributed by atoms with Crippen LogP contribution in [0, 0.1) is 6.92 Å². The standard InChI is InChI=1S/C14H14O2/c1-10-7-13(15)12(14(16)8-10)9-11-5-3-2-4-6-11/h2-8,15-16H,9H2,1H3. The second kappa shape index (κ2) is 4.27. The van der Waals surface area contributed by atoms with Gasteiger partial charge < -0.3 is 10.2 Å². The van der Waals surface area contributed by atoms with E-state index in [9.17, 15) is 10.2 Å². The van der Waals surface area contributed by atoms with Crippen LogP contribution in [0.2, 0.25) is 0 Å². The van der Waals surface area contributed by atoms with Gasteiger partial charge in [-0.25, -0.2) is 0 Å². The lowest BCUT2D eigenvalue weighted by Crippen LogP contribution is -1.90. The molecule has 0 radical (unpaired) electrons. The van der Waals surface area contributed by atoms with E-state index in [-0.39, 0.29) is 11.5 Å². The quantitative estimate of drug-likeness (QED) is 0.806. The van der Waals surface area contributed by atoms with Crippen molar-refractivity contribution < 1.29 is 10.2 Å². The molecular weight excluding hydrogens is 200 g/mol. The third-order valence-corrected chi connectivity index (χ3v) is 2.57. The molecule has 0 saturated heterocycles. The number of rotatable bonds is 2. The molecule has 0 spiro atoms. The van der Waals surface area contributed by atoms with Gasteiger partial charge in [-0.2, -0.15) is 0 Å². The van der Waals surface area contributed by atoms with E-state index in [1.165, 1.54) is 0 Å². The van der Waals surface area contributed by atoms with Crippen LogP contribution in [0.1, 0.15) is 16.7 Å². The van der Waals surface area contributed by atoms with Crippen LogP contribution in [-0.4, -0.2) is 10.2 Å². The maximum Gasteiger partial charge on any atom is 0.123 e. The molecule has 2 aromatic carbocycles. The number of benzene rings is 2. The number of phenolic OH excluding ortho intramolecular Hbond substituents is 2. The molecule has 2 heteroatoms. The zero-order valence-corrected chi connectivity index (χ0v) is 9.14. The molecule has 0 saturated carbocycles. The van der Waals surface area contributed by atoms with Gasteiger partial charge in [0, 0.05) is 12.0 Å². The number of aromatic hydroxyl groups is 2. The molecule has 16 heavy (non-hydrogen) atoms. The van der Waals surface area contributed by atoms with E-state index in [0.29, 0.717) is 12.0 Å². The minimum atomic E-state index is 0.154. The number of hydrogen-bond donors (Lipinski definition) is 2. The Morgan fingerprint density at radius 1 is 0.938 bits per heavy atom. The SMILES string of the molecule is Cc1cc(O)c(Cc2ccccc2)c(O)c1. The highest BCUT2D eigenvalue weighted by Gasteiger charge is 2.08. The van der Waals surface area contributed by atoms with Gasteiger partial charge in [0.15, 0.2) is 0 Å². The number of hydrogen-bond acceptors (Lipinski definition) is 2. The molecule has 0 aliphatic heterocycles. The van der Waals surface area contributed by atoms with Crippen molar-refractivity contribution in [1.29, 1.82) is 0 Å². The summed E-state index contributed by atoms with van der Waals surface area (Å²) in [5.41, 5.74) is 2.50. The minimum Gasteiger partial charge on any atom is -0.508 e. The molecule has 2 rings (SSSR count). The fourth-order valence-corrected chi connectivity index (χ4v) is 1.76. The Kier molecular flexibility index (Phi) is 2.82. The van der Waals surface area contributed by atoms with Gasteiger partial charge in [-0.05, 0) is 30.2 Å². The van der Waals surface area contributed by atoms with Crippen LogP contribution >= 0.6 is 0 Å². The van der Waals surface area contributed by atoms with Crippen LogP contribution in [0.15, 0.2) is 42.5 Å². The lowest BCUT2D eigenvalue weighted by molar-refractivity contribution is 0.440. The molecule has 0 unspecified atom stereocenters. The van der Waals surface area contributed by atoms with E-state index < -0.39 is 0 Å². The van der Waals surface area contributed by atoms with Gasteiger partial charge in [0.2, 0.25) is 0 Å². The summed E-state index contributed by atoms with van der Waals surface area (Å²) in [7, 11) is 0. The molecule has 2 aromatic rings. The summed E-state index contributed by atoms with van der Waals surface area (Å²) in [5, 5.41) is 19.5. The Hall–Kier alpha value is -1.96. The highest BCUT2D eigenvalue weighted by molar-refractivity contribution is 5.48. The molecule has 82 valence electrons. The Morgan fingerprint density at radius 2 is 1.50 bits per heavy atom. The Balaban J connectivity index is 2.35. The lowest BCUT2D eigenvalue weighted by Gasteiger charge is -2.08. The van der Waals surface area contributed by atoms with Gasteiger partial charge in [-0.1, -0.05) is 30.3 Å². The molecule has 0 fully saturated rings. The average molecular weight is 214 g/mol. The van der Waals surface area contributed by atoms with Crippen molar-refractivity contribution in [1.82, 2.24) is 0 Å². The Bertz CT molecular complexity index is 466. The van der Waals surface area contributed by atoms with Gasteiger partial charge in [-0.15, -0.1) is 0 Å². The first-order valence-corrected chi connectivity index (χ1v) is 5.22. The fraction of sp³-hybridized carbons (Fsp3) is 0.143. The Morgan fingerprint density at radius 3 is 2.06 bits per heavy atom. The van der Waals surface area contributed by atoms with Crippen molar-refractivity contribution in [2.24, 2.45) is 0 Å². The van der Waals surface area contributed by atoms with E-state index in [4.69, 9.17) is 0 Å². The first-order chi connectivity index (χ1) is 7.66. The topological polar surface area (TPSA) is 40.5 Å². The van der Waals surface area contributed by atoms with E-state index >= 15 is 0 Å². The van der Waals surface area contributed by atoms with E-state index in [1.54, 1.807) is 12.1 Å². The summed E-state index contributed by atoms with van der Waals surface area (Å²) in [5.74, 6) is 0.308. The molecule has 0 aliphatic carbocycles. The normalized spacial score (nSPS) is 10.3. The highest BCUT2D eigenvalue weighted by atomic mass is 16.3. The van der Waals surface area contributed by atoms with E-state index in [1.807, 2.05) is 37.3 Å². The van der Waals surface area contributed by atoms with Crippen molar-refractivity contribution in [3.05, 3.63) is 59.2 Å². The average Bonchev–Trinajstić information content (AvgIpc) is 2.25. The monoisotopic (exact) mass is 214 g/mol. The van der Waals surface area contributed by atoms with Crippen LogP contribution < -0.4 is 0 Å². The van der Waals surface area contributed by atoms with E-state index in [0.717, 1.165) is 11.1 Å². The maximum atomic E-state index is 9.77. The molecule has 0 atom stereocenters. The summed E-state index contributed by atoms with van der Waals surface area (Å²) in [4.78, 5) is 0. The molecular formula is C14H14O2. The summed E-state index contributed by atoms with van der Waals surface area (Å²) in [6, 6.07) is 13.1. The van der Waals surface area contributed by atoms with Crippen LogP contribution in [-0.2, 0) is 6.42 Å². The highest BCUT2D eigenvalue weighted by Crippen LogP contribution is 2.30. The third-order valence-electron chi connectivity index (χ3n) is 2.57. The largest absolute Gasteiger partial charge is 0.508 e. The second-order valence-corrected chi connectivity index (χ2v) is 3.94. The molecule has 2 N–H and O–H groups in total. The van der Waals surface area contributed by atoms with Crippen LogP contribution in [0.25, 0.3) is 0 Å². The molecule has 0 amide bonds. The summed E-state index contributed by atoms with van der Waals surface area (Å²) in [6.45, 7) is 1.84. The van der Waals surface area contributed by atoms with Crippen molar-refractivity contribution in [2.45, 2.75) is 13.3 Å². The van der Waals surface area contributed by atoms with Crippen molar-refractivity contribution in [2.75, 3.05) is 0 Å². The predicted molar refractivity (Wildman–Crippen MR) is 63.8 cm³/mol. The smallest absolute Gasteiger partial charge is 0.123 e. The predicted octanol–water partition coefficient (Wildman–Crippen LogP) is 3.00. The fourth-order valence-electron chi connectivity index (χ4n) is 1.76. The third kappa shape index (κ3) is 2.16. The van der Waals surface area contributed by atoms with Crippen LogP contribution in [0.5, 0.6) is 11.5 Å². The summed E-state index contributed by atoms with van der Waals surface area (Å²) in [6.07, 6.45) is 0.540.